The van der Waals surface area contributed by atoms with Gasteiger partial charge in [0.1, 0.15) is 34.3 Å². The zero-order chi connectivity index (χ0) is 67.8. The van der Waals surface area contributed by atoms with Gasteiger partial charge >= 0.3 is 122 Å². The number of hydrogen-bond donors (Lipinski definition) is 6. The number of aromatic nitrogens is 2. The number of aliphatic hydroxyl groups excluding tert-OH is 2. The summed E-state index contributed by atoms with van der Waals surface area (Å²) < 4.78 is 47.3. The number of fused-ring (bicyclic) bond motifs is 2. The van der Waals surface area contributed by atoms with E-state index in [0.717, 1.165) is 98.0 Å². The Labute approximate surface area is 577 Å². The maximum absolute atomic E-state index is 14.5. The number of rotatable bonds is 27. The molecule has 4 aliphatic rings. The van der Waals surface area contributed by atoms with Gasteiger partial charge in [0, 0.05) is 73.9 Å². The van der Waals surface area contributed by atoms with Gasteiger partial charge in [0.05, 0.1) is 40.5 Å². The van der Waals surface area contributed by atoms with Crippen molar-refractivity contribution in [1.82, 2.24) is 31.2 Å². The fourth-order valence-corrected chi connectivity index (χ4v) is 32.6. The number of amides is 2. The quantitative estimate of drug-likeness (QED) is 0.0273. The number of halogens is 3. The van der Waals surface area contributed by atoms with E-state index in [1.807, 2.05) is 11.3 Å². The summed E-state index contributed by atoms with van der Waals surface area (Å²) in [7, 11) is 0. The van der Waals surface area contributed by atoms with Gasteiger partial charge < -0.3 is 41.0 Å². The van der Waals surface area contributed by atoms with Crippen LogP contribution in [0.15, 0.2) is 94.6 Å². The normalized spacial score (nSPS) is 18.2. The first kappa shape index (κ1) is 75.2. The van der Waals surface area contributed by atoms with E-state index in [9.17, 15) is 28.6 Å². The summed E-state index contributed by atoms with van der Waals surface area (Å²) in [5.41, 5.74) is 11.2. The second-order valence-corrected chi connectivity index (χ2v) is 44.8. The summed E-state index contributed by atoms with van der Waals surface area (Å²) in [5, 5.41) is 39.6. The van der Waals surface area contributed by atoms with Crippen LogP contribution in [-0.2, 0) is 35.3 Å². The van der Waals surface area contributed by atoms with Crippen molar-refractivity contribution in [3.8, 4) is 22.8 Å². The Morgan fingerprint density at radius 2 is 1.06 bits per heavy atom. The summed E-state index contributed by atoms with van der Waals surface area (Å²) in [6.45, 7) is 23.9. The molecule has 6 aromatic rings. The van der Waals surface area contributed by atoms with Crippen LogP contribution in [0.2, 0.25) is 18.3 Å². The first-order valence-corrected chi connectivity index (χ1v) is 44.5. The zero-order valence-electron chi connectivity index (χ0n) is 57.8. The molecule has 18 heteroatoms. The van der Waals surface area contributed by atoms with E-state index in [1.54, 1.807) is 32.8 Å². The Kier molecular flexibility index (Phi) is 27.5. The minimum atomic E-state index is -2.13. The van der Waals surface area contributed by atoms with Gasteiger partial charge in [-0.1, -0.05) is 89.5 Å². The fourth-order valence-electron chi connectivity index (χ4n) is 14.1. The molecule has 0 radical (unpaired) electrons. The van der Waals surface area contributed by atoms with Crippen LogP contribution in [0, 0.1) is 22.5 Å². The molecular weight excluding hydrogens is 1350 g/mol. The molecule has 4 aromatic carbocycles. The van der Waals surface area contributed by atoms with Crippen LogP contribution < -0.4 is 34.5 Å². The standard InChI is InChI=1S/C32H40FN3O3S.C29H38ClFN2O3.3C4H9.C3H2NS.Sn/c1-20(37)36-26(14-21-6-8-25(33)23(12-21)28-18-40-19-35-28)29(38)17-34-27-16-32(10-5-11-32)39-30-9-7-22(13-24(27)30)15-31(2,3)4;1-18(34)33-24(14-19-6-8-23(31)22(30)13-19)26(35)17-32-25-16-29(10-5-11-29)36-27-9-7-20(12-21(25)27)15-28(2,3)4;3*1-3-4-2;1-2-5-3-4-1;/h6-9,12-13,18-19,26-27,29,34,38H,5,10-11,14-17H2,1-4H3,(H,36,37);6-9,12-13,24-26,32,35H,5,10-11,14-17H2,1-4H3,(H,33,34);3*1,3-4H2,2H3;2-3H;/t26-,27-,29+;24-,25-,26+;;;;;/m00...../s1. The van der Waals surface area contributed by atoms with Gasteiger partial charge in [-0.3, -0.25) is 9.59 Å². The van der Waals surface area contributed by atoms with Crippen LogP contribution in [0.25, 0.3) is 11.3 Å². The molecule has 12 nitrogen and oxygen atoms in total. The van der Waals surface area contributed by atoms with Crippen molar-refractivity contribution < 1.29 is 38.1 Å². The second kappa shape index (κ2) is 34.3. The van der Waals surface area contributed by atoms with Crippen molar-refractivity contribution in [3.05, 3.63) is 145 Å². The van der Waals surface area contributed by atoms with Crippen molar-refractivity contribution in [2.24, 2.45) is 10.8 Å². The van der Waals surface area contributed by atoms with Crippen LogP contribution in [0.1, 0.15) is 212 Å². The van der Waals surface area contributed by atoms with Crippen molar-refractivity contribution >= 4 is 68.2 Å². The molecule has 2 aromatic heterocycles. The number of nitrogens with zero attached hydrogens (tertiary/aromatic N) is 2. The van der Waals surface area contributed by atoms with Gasteiger partial charge in [-0.25, -0.2) is 13.8 Å². The van der Waals surface area contributed by atoms with E-state index in [1.165, 1.54) is 106 Å². The number of ether oxygens (including phenoxy) is 2. The molecule has 2 fully saturated rings. The number of benzene rings is 4. The van der Waals surface area contributed by atoms with E-state index in [-0.39, 0.29) is 56.8 Å². The van der Waals surface area contributed by atoms with Crippen molar-refractivity contribution in [2.45, 2.75) is 253 Å². The molecule has 10 rings (SSSR count). The third kappa shape index (κ3) is 21.5. The number of aliphatic hydroxyl groups is 2. The number of carbonyl (C=O) groups is 2. The molecule has 94 heavy (non-hydrogen) atoms. The number of nitrogens with one attached hydrogen (secondary N) is 4. The van der Waals surface area contributed by atoms with E-state index >= 15 is 0 Å². The average Bonchev–Trinajstić information content (AvgIpc) is 0.944. The Bertz CT molecular complexity index is 3350. The summed E-state index contributed by atoms with van der Waals surface area (Å²) in [6, 6.07) is 21.4. The number of thiazole rings is 2. The van der Waals surface area contributed by atoms with Gasteiger partial charge in [0.2, 0.25) is 11.8 Å². The molecule has 2 amide bonds. The van der Waals surface area contributed by atoms with Crippen LogP contribution in [-0.4, -0.2) is 99.0 Å². The average molecular weight is 1460 g/mol. The topological polar surface area (TPSA) is 167 Å². The molecule has 0 saturated heterocycles. The molecule has 4 heterocycles. The second-order valence-electron chi connectivity index (χ2n) is 29.9. The molecular formula is C76H107ClF2N6O6S2Sn. The molecule has 2 saturated carbocycles. The molecule has 514 valence electrons. The van der Waals surface area contributed by atoms with Crippen molar-refractivity contribution in [1.29, 1.82) is 0 Å². The Morgan fingerprint density at radius 3 is 1.45 bits per heavy atom. The van der Waals surface area contributed by atoms with Gasteiger partial charge in [0.25, 0.3) is 0 Å². The predicted molar refractivity (Wildman–Crippen MR) is 385 cm³/mol. The minimum absolute atomic E-state index is 0.0253. The van der Waals surface area contributed by atoms with Crippen molar-refractivity contribution in [2.75, 3.05) is 13.1 Å². The third-order valence-electron chi connectivity index (χ3n) is 19.2. The number of unbranched alkanes of at least 4 members (excludes halogenated alkanes) is 3. The van der Waals surface area contributed by atoms with Crippen LogP contribution in [0.5, 0.6) is 11.5 Å². The van der Waals surface area contributed by atoms with E-state index in [0.29, 0.717) is 37.2 Å². The van der Waals surface area contributed by atoms with Crippen LogP contribution in [0.4, 0.5) is 8.78 Å². The maximum atomic E-state index is 14.5. The van der Waals surface area contributed by atoms with Crippen LogP contribution >= 0.6 is 34.3 Å². The number of hydrogen-bond acceptors (Lipinski definition) is 12. The molecule has 2 spiro atoms. The Balaban J connectivity index is 0.000000193. The number of carbonyl (C=O) groups excluding carboxylic acids is 2. The van der Waals surface area contributed by atoms with Gasteiger partial charge in [-0.05, 0) is 134 Å². The summed E-state index contributed by atoms with van der Waals surface area (Å²) >= 11 is 7.03. The summed E-state index contributed by atoms with van der Waals surface area (Å²) in [4.78, 5) is 33.0. The molecule has 2 aliphatic heterocycles. The van der Waals surface area contributed by atoms with Gasteiger partial charge in [-0.2, -0.15) is 0 Å². The van der Waals surface area contributed by atoms with Crippen molar-refractivity contribution in [3.63, 3.8) is 0 Å². The van der Waals surface area contributed by atoms with Gasteiger partial charge in [0.15, 0.2) is 0 Å². The molecule has 6 N–H and O–H groups in total. The van der Waals surface area contributed by atoms with E-state index < -0.39 is 48.5 Å². The zero-order valence-corrected chi connectivity index (χ0v) is 63.1. The predicted octanol–water partition coefficient (Wildman–Crippen LogP) is 16.7. The van der Waals surface area contributed by atoms with Crippen LogP contribution in [0.3, 0.4) is 0 Å². The van der Waals surface area contributed by atoms with E-state index in [4.69, 9.17) is 26.1 Å². The van der Waals surface area contributed by atoms with Gasteiger partial charge in [-0.15, -0.1) is 11.3 Å². The monoisotopic (exact) mass is 1460 g/mol. The third-order valence-corrected chi connectivity index (χ3v) is 36.4. The molecule has 2 aliphatic carbocycles. The molecule has 0 unspecified atom stereocenters. The first-order valence-electron chi connectivity index (χ1n) is 34.7. The summed E-state index contributed by atoms with van der Waals surface area (Å²) in [5.74, 6) is 0.556. The Hall–Kier alpha value is -4.53. The first-order chi connectivity index (χ1) is 44.7. The Morgan fingerprint density at radius 1 is 0.628 bits per heavy atom. The van der Waals surface area contributed by atoms with E-state index in [2.05, 4.69) is 136 Å². The summed E-state index contributed by atoms with van der Waals surface area (Å²) in [6.07, 6.45) is 17.5. The molecule has 0 bridgehead atoms. The fraction of sp³-hybridized carbons (Fsp3) is 0.579. The SMILES string of the molecule is CC(=O)N[C@@H](Cc1ccc(F)c(-c2cscn2)c1)[C@H](O)CN[C@H]1CC2(CCC2)Oc2ccc(CC(C)(C)C)cc21.CC(=O)N[C@@H](Cc1ccc(F)c(Cl)c1)[C@H](O)CN[C@H]1CC2(CCC2)Oc2ccc(CC(C)(C)C)cc21.CCC[CH2][Sn]([CH2]CCC)([CH2]CCC)[c]1cscn1. The molecule has 6 atom stereocenters.